The van der Waals surface area contributed by atoms with Gasteiger partial charge in [-0.3, -0.25) is 9.59 Å². The third-order valence-electron chi connectivity index (χ3n) is 3.94. The number of aryl methyl sites for hydroxylation is 1. The number of ether oxygens (including phenoxy) is 1. The molecule has 2 aromatic rings. The number of rotatable bonds is 4. The van der Waals surface area contributed by atoms with Gasteiger partial charge in [0.1, 0.15) is 5.76 Å². The van der Waals surface area contributed by atoms with E-state index >= 15 is 0 Å². The van der Waals surface area contributed by atoms with E-state index in [-0.39, 0.29) is 24.3 Å². The van der Waals surface area contributed by atoms with Gasteiger partial charge in [0, 0.05) is 30.4 Å². The Morgan fingerprint density at radius 1 is 1.36 bits per heavy atom. The number of hydrogen-bond donors (Lipinski definition) is 1. The molecule has 2 amide bonds. The van der Waals surface area contributed by atoms with E-state index in [0.717, 1.165) is 0 Å². The molecule has 0 spiro atoms. The first-order valence-electron chi connectivity index (χ1n) is 8.24. The highest BCUT2D eigenvalue weighted by atomic mass is 16.5. The molecule has 1 N–H and O–H groups in total. The van der Waals surface area contributed by atoms with E-state index in [1.165, 1.54) is 0 Å². The Morgan fingerprint density at radius 3 is 2.92 bits per heavy atom. The summed E-state index contributed by atoms with van der Waals surface area (Å²) in [5.74, 6) is 0.395. The third kappa shape index (κ3) is 4.45. The van der Waals surface area contributed by atoms with Gasteiger partial charge in [0.05, 0.1) is 24.8 Å². The zero-order valence-corrected chi connectivity index (χ0v) is 14.3. The van der Waals surface area contributed by atoms with Crippen molar-refractivity contribution in [1.29, 1.82) is 0 Å². The minimum absolute atomic E-state index is 0.0338. The minimum atomic E-state index is -0.210. The molecule has 7 heteroatoms. The van der Waals surface area contributed by atoms with Crippen molar-refractivity contribution < 1.29 is 18.8 Å². The van der Waals surface area contributed by atoms with Crippen LogP contribution in [0.5, 0.6) is 0 Å². The maximum Gasteiger partial charge on any atom is 0.254 e. The van der Waals surface area contributed by atoms with Crippen molar-refractivity contribution in [3.63, 3.8) is 0 Å². The van der Waals surface area contributed by atoms with Gasteiger partial charge in [0.15, 0.2) is 0 Å². The molecule has 1 unspecified atom stereocenters. The van der Waals surface area contributed by atoms with E-state index in [4.69, 9.17) is 9.26 Å². The second-order valence-electron chi connectivity index (χ2n) is 6.17. The quantitative estimate of drug-likeness (QED) is 0.918. The van der Waals surface area contributed by atoms with Crippen LogP contribution in [-0.4, -0.2) is 47.7 Å². The van der Waals surface area contributed by atoms with Gasteiger partial charge in [-0.15, -0.1) is 0 Å². The van der Waals surface area contributed by atoms with Gasteiger partial charge in [0.25, 0.3) is 5.91 Å². The smallest absolute Gasteiger partial charge is 0.254 e. The first kappa shape index (κ1) is 17.2. The van der Waals surface area contributed by atoms with Crippen LogP contribution in [0.4, 0.5) is 5.69 Å². The van der Waals surface area contributed by atoms with Crippen LogP contribution < -0.4 is 5.32 Å². The average molecular weight is 343 g/mol. The Labute approximate surface area is 145 Å². The number of carbonyl (C=O) groups excluding carboxylic acids is 2. The molecular formula is C18H21N3O4. The van der Waals surface area contributed by atoms with E-state index in [0.29, 0.717) is 42.4 Å². The van der Waals surface area contributed by atoms with Crippen molar-refractivity contribution in [2.24, 2.45) is 0 Å². The highest BCUT2D eigenvalue weighted by Gasteiger charge is 2.22. The Morgan fingerprint density at radius 2 is 2.20 bits per heavy atom. The molecule has 0 bridgehead atoms. The molecule has 2 heterocycles. The highest BCUT2D eigenvalue weighted by molar-refractivity contribution is 5.97. The van der Waals surface area contributed by atoms with Crippen molar-refractivity contribution in [2.45, 2.75) is 26.4 Å². The highest BCUT2D eigenvalue weighted by Crippen LogP contribution is 2.15. The molecular weight excluding hydrogens is 322 g/mol. The van der Waals surface area contributed by atoms with Crippen LogP contribution in [-0.2, 0) is 16.0 Å². The number of nitrogens with zero attached hydrogens (tertiary/aromatic N) is 2. The van der Waals surface area contributed by atoms with Gasteiger partial charge in [0.2, 0.25) is 5.91 Å². The van der Waals surface area contributed by atoms with E-state index < -0.39 is 0 Å². The van der Waals surface area contributed by atoms with Crippen molar-refractivity contribution in [2.75, 3.05) is 25.0 Å². The van der Waals surface area contributed by atoms with Crippen LogP contribution >= 0.6 is 0 Å². The maximum atomic E-state index is 12.6. The molecule has 0 radical (unpaired) electrons. The summed E-state index contributed by atoms with van der Waals surface area (Å²) in [6.07, 6.45) is 0.155. The lowest BCUT2D eigenvalue weighted by molar-refractivity contribution is -0.115. The number of anilines is 1. The fraction of sp³-hybridized carbons (Fsp3) is 0.389. The van der Waals surface area contributed by atoms with E-state index in [2.05, 4.69) is 10.5 Å². The molecule has 25 heavy (non-hydrogen) atoms. The molecule has 0 aliphatic carbocycles. The summed E-state index contributed by atoms with van der Waals surface area (Å²) in [6, 6.07) is 8.67. The SMILES string of the molecule is Cc1cc(CC(=O)Nc2cccc(C(=O)N3CCOC(C)C3)c2)no1. The number of aromatic nitrogens is 1. The summed E-state index contributed by atoms with van der Waals surface area (Å²) < 4.78 is 10.4. The zero-order valence-electron chi connectivity index (χ0n) is 14.3. The normalized spacial score (nSPS) is 17.4. The Bertz CT molecular complexity index is 771. The topological polar surface area (TPSA) is 84.7 Å². The van der Waals surface area contributed by atoms with Crippen LogP contribution in [0.3, 0.4) is 0 Å². The lowest BCUT2D eigenvalue weighted by Crippen LogP contribution is -2.44. The van der Waals surface area contributed by atoms with Crippen molar-refractivity contribution >= 4 is 17.5 Å². The van der Waals surface area contributed by atoms with E-state index in [9.17, 15) is 9.59 Å². The molecule has 1 aromatic carbocycles. The summed E-state index contributed by atoms with van der Waals surface area (Å²) in [4.78, 5) is 26.5. The van der Waals surface area contributed by atoms with Gasteiger partial charge in [-0.1, -0.05) is 11.2 Å². The fourth-order valence-electron chi connectivity index (χ4n) is 2.79. The zero-order chi connectivity index (χ0) is 17.8. The van der Waals surface area contributed by atoms with Crippen molar-refractivity contribution in [3.8, 4) is 0 Å². The first-order chi connectivity index (χ1) is 12.0. The molecule has 3 rings (SSSR count). The lowest BCUT2D eigenvalue weighted by atomic mass is 10.1. The summed E-state index contributed by atoms with van der Waals surface area (Å²) in [7, 11) is 0. The molecule has 1 fully saturated rings. The molecule has 1 aliphatic heterocycles. The maximum absolute atomic E-state index is 12.6. The third-order valence-corrected chi connectivity index (χ3v) is 3.94. The van der Waals surface area contributed by atoms with Gasteiger partial charge < -0.3 is 19.5 Å². The van der Waals surface area contributed by atoms with Gasteiger partial charge in [-0.05, 0) is 32.0 Å². The van der Waals surface area contributed by atoms with Crippen molar-refractivity contribution in [1.82, 2.24) is 10.1 Å². The Kier molecular flexibility index (Phi) is 5.14. The van der Waals surface area contributed by atoms with E-state index in [1.54, 1.807) is 42.2 Å². The number of morpholine rings is 1. The molecule has 1 aromatic heterocycles. The Balaban J connectivity index is 1.64. The standard InChI is InChI=1S/C18H21N3O4/c1-12-8-16(20-25-12)10-17(22)19-15-5-3-4-14(9-15)18(23)21-6-7-24-13(2)11-21/h3-5,8-9,13H,6-7,10-11H2,1-2H3,(H,19,22). The van der Waals surface area contributed by atoms with Crippen LogP contribution in [0.2, 0.25) is 0 Å². The largest absolute Gasteiger partial charge is 0.375 e. The van der Waals surface area contributed by atoms with E-state index in [1.807, 2.05) is 6.92 Å². The summed E-state index contributed by atoms with van der Waals surface area (Å²) >= 11 is 0. The molecule has 7 nitrogen and oxygen atoms in total. The van der Waals surface area contributed by atoms with Gasteiger partial charge >= 0.3 is 0 Å². The minimum Gasteiger partial charge on any atom is -0.375 e. The average Bonchev–Trinajstić information content (AvgIpc) is 2.99. The second-order valence-corrected chi connectivity index (χ2v) is 6.17. The summed E-state index contributed by atoms with van der Waals surface area (Å²) in [5.41, 5.74) is 1.70. The van der Waals surface area contributed by atoms with Crippen LogP contribution in [0.25, 0.3) is 0 Å². The molecule has 1 atom stereocenters. The number of nitrogens with one attached hydrogen (secondary N) is 1. The fourth-order valence-corrected chi connectivity index (χ4v) is 2.79. The number of amides is 2. The predicted molar refractivity (Wildman–Crippen MR) is 91.3 cm³/mol. The van der Waals surface area contributed by atoms with Gasteiger partial charge in [-0.25, -0.2) is 0 Å². The van der Waals surface area contributed by atoms with Crippen LogP contribution in [0.15, 0.2) is 34.9 Å². The predicted octanol–water partition coefficient (Wildman–Crippen LogP) is 2.03. The van der Waals surface area contributed by atoms with Crippen LogP contribution in [0.1, 0.15) is 28.7 Å². The monoisotopic (exact) mass is 343 g/mol. The number of carbonyl (C=O) groups is 2. The molecule has 1 aliphatic rings. The lowest BCUT2D eigenvalue weighted by Gasteiger charge is -2.31. The number of benzene rings is 1. The second kappa shape index (κ2) is 7.48. The molecule has 132 valence electrons. The first-order valence-corrected chi connectivity index (χ1v) is 8.24. The summed E-state index contributed by atoms with van der Waals surface area (Å²) in [5, 5.41) is 6.59. The molecule has 0 saturated carbocycles. The number of hydrogen-bond acceptors (Lipinski definition) is 5. The van der Waals surface area contributed by atoms with Crippen molar-refractivity contribution in [3.05, 3.63) is 47.3 Å². The molecule has 1 saturated heterocycles. The van der Waals surface area contributed by atoms with Crippen LogP contribution in [0, 0.1) is 6.92 Å². The van der Waals surface area contributed by atoms with Gasteiger partial charge in [-0.2, -0.15) is 0 Å². The Hall–Kier alpha value is -2.67. The summed E-state index contributed by atoms with van der Waals surface area (Å²) in [6.45, 7) is 5.41.